The second kappa shape index (κ2) is 9.68. The topological polar surface area (TPSA) is 91.6 Å². The molecule has 8 nitrogen and oxygen atoms in total. The van der Waals surface area contributed by atoms with Gasteiger partial charge in [0.2, 0.25) is 0 Å². The Labute approximate surface area is 183 Å². The summed E-state index contributed by atoms with van der Waals surface area (Å²) in [5.41, 5.74) is 2.04. The maximum absolute atomic E-state index is 12.7. The average molecular weight is 453 g/mol. The summed E-state index contributed by atoms with van der Waals surface area (Å²) in [6.07, 6.45) is 5.23. The van der Waals surface area contributed by atoms with Gasteiger partial charge in [-0.05, 0) is 37.9 Å². The van der Waals surface area contributed by atoms with E-state index in [9.17, 15) is 18.0 Å². The molecule has 4 rings (SSSR count). The van der Waals surface area contributed by atoms with Crippen molar-refractivity contribution in [2.75, 3.05) is 26.2 Å². The van der Waals surface area contributed by atoms with Gasteiger partial charge in [-0.3, -0.25) is 14.7 Å². The zero-order valence-corrected chi connectivity index (χ0v) is 17.8. The zero-order valence-electron chi connectivity index (χ0n) is 17.8. The highest BCUT2D eigenvalue weighted by atomic mass is 19.4. The van der Waals surface area contributed by atoms with Gasteiger partial charge in [0, 0.05) is 62.9 Å². The number of nitrogens with zero attached hydrogens (tertiary/aromatic N) is 5. The Hall–Kier alpha value is -2.95. The van der Waals surface area contributed by atoms with Crippen molar-refractivity contribution in [3.8, 4) is 0 Å². The molecule has 0 aliphatic carbocycles. The maximum Gasteiger partial charge on any atom is 0.490 e. The van der Waals surface area contributed by atoms with E-state index >= 15 is 0 Å². The molecule has 0 bridgehead atoms. The smallest absolute Gasteiger partial charge is 0.475 e. The number of carboxylic acids is 1. The van der Waals surface area contributed by atoms with Gasteiger partial charge < -0.3 is 14.6 Å². The summed E-state index contributed by atoms with van der Waals surface area (Å²) in [5.74, 6) is -2.74. The van der Waals surface area contributed by atoms with Crippen molar-refractivity contribution < 1.29 is 27.9 Å². The van der Waals surface area contributed by atoms with Crippen LogP contribution in [0.2, 0.25) is 0 Å². The van der Waals surface area contributed by atoms with Gasteiger partial charge in [-0.1, -0.05) is 0 Å². The minimum atomic E-state index is -5.08. The molecule has 4 heterocycles. The third-order valence-corrected chi connectivity index (χ3v) is 5.93. The number of hydrogen-bond donors (Lipinski definition) is 1. The maximum atomic E-state index is 12.7. The summed E-state index contributed by atoms with van der Waals surface area (Å²) in [7, 11) is 2.10. The SMILES string of the molecule is Cn1cccc1CN1CCC2(CCCN(C(=O)c3cnccn3)C2)C1.O=C(O)C(F)(F)F. The number of likely N-dealkylation sites (tertiary alicyclic amines) is 2. The second-order valence-electron chi connectivity index (χ2n) is 8.29. The first kappa shape index (κ1) is 23.7. The van der Waals surface area contributed by atoms with E-state index in [1.54, 1.807) is 18.6 Å². The third kappa shape index (κ3) is 5.84. The number of aryl methyl sites for hydroxylation is 1. The van der Waals surface area contributed by atoms with E-state index in [1.165, 1.54) is 18.5 Å². The Morgan fingerprint density at radius 3 is 2.53 bits per heavy atom. The first-order valence-electron chi connectivity index (χ1n) is 10.3. The molecule has 2 aromatic heterocycles. The number of halogens is 3. The van der Waals surface area contributed by atoms with Gasteiger partial charge in [-0.15, -0.1) is 0 Å². The molecular weight excluding hydrogens is 427 g/mol. The number of piperidine rings is 1. The van der Waals surface area contributed by atoms with Crippen LogP contribution in [-0.2, 0) is 18.4 Å². The number of aliphatic carboxylic acids is 1. The van der Waals surface area contributed by atoms with Crippen LogP contribution in [0.5, 0.6) is 0 Å². The van der Waals surface area contributed by atoms with Crippen molar-refractivity contribution in [2.24, 2.45) is 12.5 Å². The third-order valence-electron chi connectivity index (χ3n) is 5.93. The standard InChI is InChI=1S/C19H25N5O.C2HF3O2/c1-22-9-2-4-16(22)13-23-11-6-19(14-23)5-3-10-24(15-19)18(25)17-12-20-7-8-21-17;3-2(4,5)1(6)7/h2,4,7-9,12H,3,5-6,10-11,13-15H2,1H3;(H,6,7). The Bertz CT molecular complexity index is 934. The van der Waals surface area contributed by atoms with Crippen molar-refractivity contribution in [3.05, 3.63) is 48.3 Å². The highest BCUT2D eigenvalue weighted by Gasteiger charge is 2.42. The van der Waals surface area contributed by atoms with Crippen molar-refractivity contribution in [2.45, 2.75) is 32.0 Å². The van der Waals surface area contributed by atoms with E-state index in [2.05, 4.69) is 44.8 Å². The normalized spacial score (nSPS) is 21.3. The molecule has 1 N–H and O–H groups in total. The second-order valence-corrected chi connectivity index (χ2v) is 8.29. The number of alkyl halides is 3. The molecule has 0 aromatic carbocycles. The van der Waals surface area contributed by atoms with Gasteiger partial charge in [-0.25, -0.2) is 9.78 Å². The van der Waals surface area contributed by atoms with Gasteiger partial charge >= 0.3 is 12.1 Å². The fraction of sp³-hybridized carbons (Fsp3) is 0.524. The van der Waals surface area contributed by atoms with E-state index in [-0.39, 0.29) is 11.3 Å². The summed E-state index contributed by atoms with van der Waals surface area (Å²) in [4.78, 5) is 34.4. The summed E-state index contributed by atoms with van der Waals surface area (Å²) in [5, 5.41) is 7.12. The number of carbonyl (C=O) groups excluding carboxylic acids is 1. The van der Waals surface area contributed by atoms with Crippen LogP contribution in [0.1, 0.15) is 35.4 Å². The molecule has 1 amide bonds. The van der Waals surface area contributed by atoms with Gasteiger partial charge in [-0.2, -0.15) is 13.2 Å². The van der Waals surface area contributed by atoms with Crippen LogP contribution in [-0.4, -0.2) is 73.7 Å². The number of amides is 1. The average Bonchev–Trinajstić information content (AvgIpc) is 3.34. The van der Waals surface area contributed by atoms with Crippen LogP contribution in [0.3, 0.4) is 0 Å². The molecule has 2 aliphatic rings. The van der Waals surface area contributed by atoms with Crippen molar-refractivity contribution in [3.63, 3.8) is 0 Å². The van der Waals surface area contributed by atoms with Crippen LogP contribution in [0.25, 0.3) is 0 Å². The van der Waals surface area contributed by atoms with E-state index in [4.69, 9.17) is 9.90 Å². The highest BCUT2D eigenvalue weighted by molar-refractivity contribution is 5.92. The summed E-state index contributed by atoms with van der Waals surface area (Å²) < 4.78 is 33.9. The fourth-order valence-corrected chi connectivity index (χ4v) is 4.34. The number of hydrogen-bond acceptors (Lipinski definition) is 5. The molecule has 2 aliphatic heterocycles. The van der Waals surface area contributed by atoms with Crippen LogP contribution < -0.4 is 0 Å². The van der Waals surface area contributed by atoms with Crippen LogP contribution >= 0.6 is 0 Å². The fourth-order valence-electron chi connectivity index (χ4n) is 4.34. The van der Waals surface area contributed by atoms with Gasteiger partial charge in [0.25, 0.3) is 5.91 Å². The molecular formula is C21H26F3N5O3. The van der Waals surface area contributed by atoms with E-state index in [0.717, 1.165) is 39.1 Å². The molecule has 0 saturated carbocycles. The van der Waals surface area contributed by atoms with E-state index < -0.39 is 12.1 Å². The number of carbonyl (C=O) groups is 2. The first-order valence-corrected chi connectivity index (χ1v) is 10.3. The summed E-state index contributed by atoms with van der Waals surface area (Å²) >= 11 is 0. The molecule has 1 spiro atoms. The lowest BCUT2D eigenvalue weighted by Crippen LogP contribution is -2.47. The summed E-state index contributed by atoms with van der Waals surface area (Å²) in [6, 6.07) is 4.29. The van der Waals surface area contributed by atoms with E-state index in [1.807, 2.05) is 4.90 Å². The largest absolute Gasteiger partial charge is 0.490 e. The molecule has 2 fully saturated rings. The Balaban J connectivity index is 0.000000360. The minimum Gasteiger partial charge on any atom is -0.475 e. The Morgan fingerprint density at radius 2 is 1.94 bits per heavy atom. The van der Waals surface area contributed by atoms with Crippen molar-refractivity contribution >= 4 is 11.9 Å². The highest BCUT2D eigenvalue weighted by Crippen LogP contribution is 2.39. The van der Waals surface area contributed by atoms with E-state index in [0.29, 0.717) is 5.69 Å². The summed E-state index contributed by atoms with van der Waals surface area (Å²) in [6.45, 7) is 4.84. The Morgan fingerprint density at radius 1 is 1.19 bits per heavy atom. The van der Waals surface area contributed by atoms with Gasteiger partial charge in [0.15, 0.2) is 0 Å². The lowest BCUT2D eigenvalue weighted by Gasteiger charge is -2.40. The van der Waals surface area contributed by atoms with Gasteiger partial charge in [0.05, 0.1) is 6.20 Å². The monoisotopic (exact) mass is 453 g/mol. The van der Waals surface area contributed by atoms with Crippen molar-refractivity contribution in [1.82, 2.24) is 24.3 Å². The molecule has 32 heavy (non-hydrogen) atoms. The molecule has 11 heteroatoms. The van der Waals surface area contributed by atoms with Crippen LogP contribution in [0.15, 0.2) is 36.9 Å². The van der Waals surface area contributed by atoms with Gasteiger partial charge in [0.1, 0.15) is 5.69 Å². The predicted octanol–water partition coefficient (Wildman–Crippen LogP) is 2.58. The molecule has 2 saturated heterocycles. The predicted molar refractivity (Wildman–Crippen MR) is 109 cm³/mol. The Kier molecular flexibility index (Phi) is 7.17. The van der Waals surface area contributed by atoms with Crippen LogP contribution in [0, 0.1) is 5.41 Å². The van der Waals surface area contributed by atoms with Crippen LogP contribution in [0.4, 0.5) is 13.2 Å². The molecule has 174 valence electrons. The first-order chi connectivity index (χ1) is 15.1. The molecule has 0 radical (unpaired) electrons. The lowest BCUT2D eigenvalue weighted by atomic mass is 9.79. The van der Waals surface area contributed by atoms with Crippen molar-refractivity contribution in [1.29, 1.82) is 0 Å². The number of carboxylic acid groups (broad SMARTS) is 1. The minimum absolute atomic E-state index is 0.0214. The quantitative estimate of drug-likeness (QED) is 0.768. The molecule has 1 atom stereocenters. The number of aromatic nitrogens is 3. The lowest BCUT2D eigenvalue weighted by molar-refractivity contribution is -0.192. The molecule has 1 unspecified atom stereocenters. The molecule has 2 aromatic rings. The zero-order chi connectivity index (χ0) is 23.4. The number of rotatable bonds is 3.